The number of anilines is 1. The van der Waals surface area contributed by atoms with Crippen LogP contribution in [0.4, 0.5) is 5.82 Å². The molecule has 1 aliphatic heterocycles. The molecule has 1 atom stereocenters. The van der Waals surface area contributed by atoms with Crippen LogP contribution in [0.25, 0.3) is 10.6 Å². The molecule has 2 aromatic heterocycles. The van der Waals surface area contributed by atoms with Gasteiger partial charge >= 0.3 is 0 Å². The van der Waals surface area contributed by atoms with Crippen LogP contribution in [-0.4, -0.2) is 36.7 Å². The Bertz CT molecular complexity index is 957. The second-order valence-corrected chi connectivity index (χ2v) is 9.13. The maximum Gasteiger partial charge on any atom is 0.183 e. The Morgan fingerprint density at radius 2 is 1.92 bits per heavy atom. The SMILES string of the molecule is O=S(=O)(c1ccccc1)C1CCN(c2cc(-c3cccs3)ncn2)C1. The standard InChI is InChI=1S/C18H17N3O2S2/c22-25(23,14-5-2-1-3-6-14)15-8-9-21(12-15)18-11-16(19-13-20-18)17-7-4-10-24-17/h1-7,10-11,13,15H,8-9,12H2. The molecule has 0 N–H and O–H groups in total. The highest BCUT2D eigenvalue weighted by atomic mass is 32.2. The van der Waals surface area contributed by atoms with Crippen molar-refractivity contribution in [3.63, 3.8) is 0 Å². The minimum Gasteiger partial charge on any atom is -0.355 e. The van der Waals surface area contributed by atoms with Crippen molar-refractivity contribution in [2.75, 3.05) is 18.0 Å². The minimum atomic E-state index is -3.32. The number of benzene rings is 1. The Morgan fingerprint density at radius 3 is 2.68 bits per heavy atom. The summed E-state index contributed by atoms with van der Waals surface area (Å²) >= 11 is 1.62. The molecule has 0 aliphatic carbocycles. The predicted octanol–water partition coefficient (Wildman–Crippen LogP) is 3.26. The molecule has 3 heterocycles. The van der Waals surface area contributed by atoms with Crippen LogP contribution in [0.5, 0.6) is 0 Å². The highest BCUT2D eigenvalue weighted by Gasteiger charge is 2.34. The first-order valence-electron chi connectivity index (χ1n) is 8.04. The van der Waals surface area contributed by atoms with E-state index in [9.17, 15) is 8.42 Å². The maximum atomic E-state index is 12.8. The van der Waals surface area contributed by atoms with E-state index in [0.29, 0.717) is 24.4 Å². The van der Waals surface area contributed by atoms with E-state index >= 15 is 0 Å². The van der Waals surface area contributed by atoms with Gasteiger partial charge in [0, 0.05) is 19.2 Å². The summed E-state index contributed by atoms with van der Waals surface area (Å²) in [5.74, 6) is 0.782. The Balaban J connectivity index is 1.56. The molecule has 128 valence electrons. The Hall–Kier alpha value is -2.25. The van der Waals surface area contributed by atoms with Crippen LogP contribution in [0.2, 0.25) is 0 Å². The van der Waals surface area contributed by atoms with Crippen molar-refractivity contribution in [1.29, 1.82) is 0 Å². The summed E-state index contributed by atoms with van der Waals surface area (Å²) in [7, 11) is -3.32. The third-order valence-electron chi connectivity index (χ3n) is 4.41. The maximum absolute atomic E-state index is 12.8. The topological polar surface area (TPSA) is 63.2 Å². The largest absolute Gasteiger partial charge is 0.355 e. The number of rotatable bonds is 4. The van der Waals surface area contributed by atoms with Gasteiger partial charge in [-0.3, -0.25) is 0 Å². The zero-order valence-corrected chi connectivity index (χ0v) is 15.1. The molecular formula is C18H17N3O2S2. The lowest BCUT2D eigenvalue weighted by atomic mass is 10.3. The first kappa shape index (κ1) is 16.2. The zero-order chi connectivity index (χ0) is 17.3. The number of nitrogens with zero attached hydrogens (tertiary/aromatic N) is 3. The van der Waals surface area contributed by atoms with Gasteiger partial charge in [-0.05, 0) is 30.0 Å². The van der Waals surface area contributed by atoms with E-state index in [1.807, 2.05) is 34.5 Å². The Morgan fingerprint density at radius 1 is 1.08 bits per heavy atom. The average molecular weight is 371 g/mol. The van der Waals surface area contributed by atoms with Crippen LogP contribution in [0, 0.1) is 0 Å². The van der Waals surface area contributed by atoms with Gasteiger partial charge < -0.3 is 4.90 Å². The van der Waals surface area contributed by atoms with Gasteiger partial charge in [-0.15, -0.1) is 11.3 Å². The Kier molecular flexibility index (Phi) is 4.27. The molecule has 0 bridgehead atoms. The summed E-state index contributed by atoms with van der Waals surface area (Å²) in [4.78, 5) is 12.2. The molecule has 0 spiro atoms. The van der Waals surface area contributed by atoms with E-state index in [0.717, 1.165) is 16.4 Å². The van der Waals surface area contributed by atoms with Crippen LogP contribution in [0.3, 0.4) is 0 Å². The van der Waals surface area contributed by atoms with Gasteiger partial charge in [0.15, 0.2) is 9.84 Å². The number of sulfone groups is 1. The molecule has 4 rings (SSSR count). The van der Waals surface area contributed by atoms with Crippen molar-refractivity contribution in [2.24, 2.45) is 0 Å². The van der Waals surface area contributed by atoms with Crippen molar-refractivity contribution in [2.45, 2.75) is 16.6 Å². The third kappa shape index (κ3) is 3.17. The van der Waals surface area contributed by atoms with E-state index in [1.54, 1.807) is 41.9 Å². The fourth-order valence-corrected chi connectivity index (χ4v) is 5.48. The van der Waals surface area contributed by atoms with Gasteiger partial charge in [-0.1, -0.05) is 24.3 Å². The number of thiophene rings is 1. The molecule has 0 amide bonds. The molecule has 0 saturated carbocycles. The lowest BCUT2D eigenvalue weighted by Crippen LogP contribution is -2.27. The van der Waals surface area contributed by atoms with Crippen molar-refractivity contribution in [1.82, 2.24) is 9.97 Å². The fourth-order valence-electron chi connectivity index (χ4n) is 3.07. The summed E-state index contributed by atoms with van der Waals surface area (Å²) in [5, 5.41) is 1.60. The van der Waals surface area contributed by atoms with Gasteiger partial charge in [0.1, 0.15) is 12.1 Å². The van der Waals surface area contributed by atoms with Gasteiger partial charge in [-0.2, -0.15) is 0 Å². The third-order valence-corrected chi connectivity index (χ3v) is 7.49. The monoisotopic (exact) mass is 371 g/mol. The molecule has 1 aliphatic rings. The van der Waals surface area contributed by atoms with E-state index in [2.05, 4.69) is 9.97 Å². The summed E-state index contributed by atoms with van der Waals surface area (Å²) in [6.45, 7) is 1.13. The number of hydrogen-bond acceptors (Lipinski definition) is 6. The van der Waals surface area contributed by atoms with Crippen molar-refractivity contribution in [3.05, 3.63) is 60.2 Å². The molecule has 25 heavy (non-hydrogen) atoms. The van der Waals surface area contributed by atoms with Gasteiger partial charge in [0.2, 0.25) is 0 Å². The molecule has 1 fully saturated rings. The molecule has 1 aromatic carbocycles. The lowest BCUT2D eigenvalue weighted by Gasteiger charge is -2.18. The van der Waals surface area contributed by atoms with Crippen molar-refractivity contribution < 1.29 is 8.42 Å². The molecule has 1 saturated heterocycles. The normalized spacial score (nSPS) is 17.8. The van der Waals surface area contributed by atoms with Crippen LogP contribution in [0.15, 0.2) is 65.1 Å². The second-order valence-electron chi connectivity index (χ2n) is 5.95. The minimum absolute atomic E-state index is 0.392. The van der Waals surface area contributed by atoms with Crippen LogP contribution < -0.4 is 4.90 Å². The summed E-state index contributed by atoms with van der Waals surface area (Å²) < 4.78 is 25.6. The van der Waals surface area contributed by atoms with E-state index in [1.165, 1.54) is 0 Å². The smallest absolute Gasteiger partial charge is 0.183 e. The second kappa shape index (κ2) is 6.57. The summed E-state index contributed by atoms with van der Waals surface area (Å²) in [5.41, 5.74) is 0.870. The fraction of sp³-hybridized carbons (Fsp3) is 0.222. The van der Waals surface area contributed by atoms with Gasteiger partial charge in [-0.25, -0.2) is 18.4 Å². The van der Waals surface area contributed by atoms with Gasteiger partial charge in [0.05, 0.1) is 20.7 Å². The molecular weight excluding hydrogens is 354 g/mol. The molecule has 0 radical (unpaired) electrons. The highest BCUT2D eigenvalue weighted by Crippen LogP contribution is 2.29. The Labute approximate surface area is 150 Å². The van der Waals surface area contributed by atoms with E-state index < -0.39 is 15.1 Å². The van der Waals surface area contributed by atoms with Crippen LogP contribution >= 0.6 is 11.3 Å². The van der Waals surface area contributed by atoms with E-state index in [4.69, 9.17) is 0 Å². The molecule has 1 unspecified atom stereocenters. The summed E-state index contributed by atoms with van der Waals surface area (Å²) in [6, 6.07) is 14.6. The first-order chi connectivity index (χ1) is 12.1. The van der Waals surface area contributed by atoms with Gasteiger partial charge in [0.25, 0.3) is 0 Å². The average Bonchev–Trinajstić information content (AvgIpc) is 3.35. The molecule has 7 heteroatoms. The van der Waals surface area contributed by atoms with Crippen LogP contribution in [-0.2, 0) is 9.84 Å². The van der Waals surface area contributed by atoms with Crippen molar-refractivity contribution >= 4 is 27.0 Å². The zero-order valence-electron chi connectivity index (χ0n) is 13.4. The van der Waals surface area contributed by atoms with E-state index in [-0.39, 0.29) is 0 Å². The first-order valence-corrected chi connectivity index (χ1v) is 10.5. The predicted molar refractivity (Wildman–Crippen MR) is 99.6 cm³/mol. The number of aromatic nitrogens is 2. The van der Waals surface area contributed by atoms with Crippen LogP contribution in [0.1, 0.15) is 6.42 Å². The molecule has 3 aromatic rings. The lowest BCUT2D eigenvalue weighted by molar-refractivity contribution is 0.583. The molecule has 5 nitrogen and oxygen atoms in total. The highest BCUT2D eigenvalue weighted by molar-refractivity contribution is 7.92. The summed E-state index contributed by atoms with van der Waals surface area (Å²) in [6.07, 6.45) is 2.15. The number of hydrogen-bond donors (Lipinski definition) is 0. The quantitative estimate of drug-likeness (QED) is 0.704. The van der Waals surface area contributed by atoms with Crippen molar-refractivity contribution in [3.8, 4) is 10.6 Å².